The molecule has 1 rings (SSSR count). The fourth-order valence-electron chi connectivity index (χ4n) is 2.81. The quantitative estimate of drug-likeness (QED) is 0.329. The summed E-state index contributed by atoms with van der Waals surface area (Å²) >= 11 is 0. The van der Waals surface area contributed by atoms with E-state index in [-0.39, 0.29) is 18.4 Å². The number of carbonyl (C=O) groups is 1. The van der Waals surface area contributed by atoms with Gasteiger partial charge in [-0.15, -0.1) is 0 Å². The summed E-state index contributed by atoms with van der Waals surface area (Å²) in [5.74, 6) is -1.96. The van der Waals surface area contributed by atoms with E-state index in [0.717, 1.165) is 6.92 Å². The second-order valence-electron chi connectivity index (χ2n) is 6.42. The molecule has 0 aliphatic heterocycles. The van der Waals surface area contributed by atoms with Crippen LogP contribution in [0.1, 0.15) is 39.0 Å². The Morgan fingerprint density at radius 1 is 1.00 bits per heavy atom. The Labute approximate surface area is 157 Å². The number of sulfone groups is 2. The van der Waals surface area contributed by atoms with Gasteiger partial charge in [-0.05, 0) is 25.7 Å². The summed E-state index contributed by atoms with van der Waals surface area (Å²) in [4.78, 5) is 11.7. The Kier molecular flexibility index (Phi) is 7.25. The first-order valence-electron chi connectivity index (χ1n) is 7.89. The number of hydrogen-bond acceptors (Lipinski definition) is 6. The molecular weight excluding hydrogens is 442 g/mol. The summed E-state index contributed by atoms with van der Waals surface area (Å²) < 4.78 is 125. The molecule has 1 aliphatic rings. The van der Waals surface area contributed by atoms with Gasteiger partial charge in [-0.1, -0.05) is 19.4 Å². The predicted octanol–water partition coefficient (Wildman–Crippen LogP) is 3.25. The predicted molar refractivity (Wildman–Crippen MR) is 85.0 cm³/mol. The molecule has 0 N–H and O–H groups in total. The molecule has 1 saturated carbocycles. The Morgan fingerprint density at radius 2 is 1.39 bits per heavy atom. The minimum absolute atomic E-state index is 0.221. The van der Waals surface area contributed by atoms with Gasteiger partial charge in [0.15, 0.2) is 4.58 Å². The molecule has 6 nitrogen and oxygen atoms in total. The Morgan fingerprint density at radius 3 is 1.71 bits per heavy atom. The molecule has 0 aromatic rings. The van der Waals surface area contributed by atoms with Gasteiger partial charge in [0.25, 0.3) is 19.7 Å². The molecule has 0 amide bonds. The maximum absolute atomic E-state index is 12.9. The van der Waals surface area contributed by atoms with E-state index in [0.29, 0.717) is 12.8 Å². The lowest BCUT2D eigenvalue weighted by molar-refractivity contribution is -0.147. The fourth-order valence-corrected chi connectivity index (χ4v) is 6.28. The third-order valence-electron chi connectivity index (χ3n) is 4.29. The van der Waals surface area contributed by atoms with Gasteiger partial charge in [-0.3, -0.25) is 0 Å². The highest BCUT2D eigenvalue weighted by Gasteiger charge is 2.63. The SMILES string of the molecule is C=C(C)C(=O)OC(CC(S(=O)(=O)C(F)(F)F)S(=O)(=O)C(F)(F)F)C1CCCC1. The van der Waals surface area contributed by atoms with Gasteiger partial charge < -0.3 is 4.74 Å². The number of esters is 1. The molecule has 0 aromatic heterocycles. The smallest absolute Gasteiger partial charge is 0.459 e. The first-order chi connectivity index (χ1) is 12.4. The van der Waals surface area contributed by atoms with Crippen LogP contribution in [0.4, 0.5) is 26.3 Å². The van der Waals surface area contributed by atoms with Gasteiger partial charge in [0.05, 0.1) is 0 Å². The van der Waals surface area contributed by atoms with Crippen molar-refractivity contribution in [3.63, 3.8) is 0 Å². The highest BCUT2D eigenvalue weighted by Crippen LogP contribution is 2.41. The number of carbonyl (C=O) groups excluding carboxylic acids is 1. The van der Waals surface area contributed by atoms with Crippen molar-refractivity contribution in [2.75, 3.05) is 0 Å². The molecule has 0 radical (unpaired) electrons. The Hall–Kier alpha value is -1.31. The molecule has 1 aliphatic carbocycles. The Balaban J connectivity index is 3.46. The van der Waals surface area contributed by atoms with Crippen molar-refractivity contribution in [2.45, 2.75) is 60.7 Å². The van der Waals surface area contributed by atoms with E-state index < -0.39 is 59.7 Å². The maximum atomic E-state index is 12.9. The molecular formula is C14H18F6O6S2. The van der Waals surface area contributed by atoms with Crippen LogP contribution in [-0.2, 0) is 29.2 Å². The third kappa shape index (κ3) is 5.19. The van der Waals surface area contributed by atoms with E-state index in [1.54, 1.807) is 0 Å². The summed E-state index contributed by atoms with van der Waals surface area (Å²) in [7, 11) is -13.6. The van der Waals surface area contributed by atoms with Crippen molar-refractivity contribution >= 4 is 25.6 Å². The largest absolute Gasteiger partial charge is 0.498 e. The van der Waals surface area contributed by atoms with E-state index in [9.17, 15) is 48.0 Å². The number of alkyl halides is 6. The fraction of sp³-hybridized carbons (Fsp3) is 0.786. The van der Waals surface area contributed by atoms with Crippen LogP contribution in [0.5, 0.6) is 0 Å². The summed E-state index contributed by atoms with van der Waals surface area (Å²) in [6.07, 6.45) is -2.00. The maximum Gasteiger partial charge on any atom is 0.498 e. The molecule has 1 fully saturated rings. The van der Waals surface area contributed by atoms with E-state index in [4.69, 9.17) is 4.74 Å². The molecule has 0 bridgehead atoms. The first-order valence-corrected chi connectivity index (χ1v) is 11.0. The van der Waals surface area contributed by atoms with Crippen LogP contribution >= 0.6 is 0 Å². The molecule has 0 saturated heterocycles. The number of hydrogen-bond donors (Lipinski definition) is 0. The van der Waals surface area contributed by atoms with Crippen LogP contribution < -0.4 is 0 Å². The second kappa shape index (κ2) is 8.20. The van der Waals surface area contributed by atoms with Crippen molar-refractivity contribution in [2.24, 2.45) is 5.92 Å². The number of rotatable bonds is 7. The van der Waals surface area contributed by atoms with Gasteiger partial charge in [-0.2, -0.15) is 26.3 Å². The lowest BCUT2D eigenvalue weighted by atomic mass is 9.98. The standard InChI is InChI=1S/C14H18F6O6S2/c1-8(2)12(21)26-10(9-5-3-4-6-9)7-11(27(22,23)13(15,16)17)28(24,25)14(18,19)20/h9-11H,1,3-7H2,2H3. The molecule has 0 aromatic carbocycles. The van der Waals surface area contributed by atoms with E-state index >= 15 is 0 Å². The van der Waals surface area contributed by atoms with Crippen LogP contribution in [0.3, 0.4) is 0 Å². The third-order valence-corrected chi connectivity index (χ3v) is 8.87. The molecule has 28 heavy (non-hydrogen) atoms. The van der Waals surface area contributed by atoms with E-state index in [2.05, 4.69) is 6.58 Å². The molecule has 1 atom stereocenters. The second-order valence-corrected chi connectivity index (χ2v) is 11.0. The van der Waals surface area contributed by atoms with Gasteiger partial charge in [0.2, 0.25) is 0 Å². The zero-order valence-corrected chi connectivity index (χ0v) is 16.1. The highest BCUT2D eigenvalue weighted by atomic mass is 32.3. The summed E-state index contributed by atoms with van der Waals surface area (Å²) in [5, 5.41) is 0. The van der Waals surface area contributed by atoms with Crippen molar-refractivity contribution in [3.05, 3.63) is 12.2 Å². The minimum Gasteiger partial charge on any atom is -0.459 e. The first kappa shape index (κ1) is 24.7. The van der Waals surface area contributed by atoms with Crippen molar-refractivity contribution in [1.82, 2.24) is 0 Å². The number of halogens is 6. The topological polar surface area (TPSA) is 94.6 Å². The molecule has 0 spiro atoms. The molecule has 1 unspecified atom stereocenters. The van der Waals surface area contributed by atoms with Gasteiger partial charge >= 0.3 is 17.0 Å². The zero-order chi connectivity index (χ0) is 22.1. The highest BCUT2D eigenvalue weighted by molar-refractivity contribution is 8.09. The van der Waals surface area contributed by atoms with Crippen LogP contribution in [0.25, 0.3) is 0 Å². The van der Waals surface area contributed by atoms with Crippen molar-refractivity contribution in [1.29, 1.82) is 0 Å². The van der Waals surface area contributed by atoms with Gasteiger partial charge in [-0.25, -0.2) is 21.6 Å². The van der Waals surface area contributed by atoms with E-state index in [1.807, 2.05) is 0 Å². The van der Waals surface area contributed by atoms with Crippen LogP contribution in [-0.4, -0.2) is 44.5 Å². The lowest BCUT2D eigenvalue weighted by Gasteiger charge is -2.28. The van der Waals surface area contributed by atoms with E-state index in [1.165, 1.54) is 0 Å². The van der Waals surface area contributed by atoms with Crippen LogP contribution in [0, 0.1) is 5.92 Å². The summed E-state index contributed by atoms with van der Waals surface area (Å²) in [6.45, 7) is 4.38. The normalized spacial score (nSPS) is 18.3. The summed E-state index contributed by atoms with van der Waals surface area (Å²) in [5.41, 5.74) is -12.7. The van der Waals surface area contributed by atoms with Gasteiger partial charge in [0, 0.05) is 12.0 Å². The lowest BCUT2D eigenvalue weighted by Crippen LogP contribution is -2.47. The molecule has 0 heterocycles. The molecule has 14 heteroatoms. The average Bonchev–Trinajstić information content (AvgIpc) is 3.02. The van der Waals surface area contributed by atoms with Crippen LogP contribution in [0.2, 0.25) is 0 Å². The molecule has 164 valence electrons. The van der Waals surface area contributed by atoms with Gasteiger partial charge in [0.1, 0.15) is 6.10 Å². The minimum atomic E-state index is -6.78. The summed E-state index contributed by atoms with van der Waals surface area (Å²) in [6, 6.07) is 0. The van der Waals surface area contributed by atoms with Crippen molar-refractivity contribution < 1.29 is 52.7 Å². The monoisotopic (exact) mass is 460 g/mol. The number of ether oxygens (including phenoxy) is 1. The average molecular weight is 460 g/mol. The van der Waals surface area contributed by atoms with Crippen LogP contribution in [0.15, 0.2) is 12.2 Å². The Bertz CT molecular complexity index is 762. The zero-order valence-electron chi connectivity index (χ0n) is 14.5. The van der Waals surface area contributed by atoms with Crippen molar-refractivity contribution in [3.8, 4) is 0 Å².